The predicted molar refractivity (Wildman–Crippen MR) is 421 cm³/mol. The number of benzene rings is 11. The van der Waals surface area contributed by atoms with E-state index in [0.29, 0.717) is 0 Å². The van der Waals surface area contributed by atoms with Crippen molar-refractivity contribution in [2.24, 2.45) is 0 Å². The van der Waals surface area contributed by atoms with Crippen LogP contribution in [0.25, 0.3) is 77.9 Å². The third kappa shape index (κ3) is 13.1. The molecule has 2 nitrogen and oxygen atoms in total. The Bertz CT molecular complexity index is 4470. The molecule has 11 aromatic carbocycles. The van der Waals surface area contributed by atoms with Crippen LogP contribution in [0.2, 0.25) is 0 Å². The number of ether oxygens (including phenoxy) is 1. The highest BCUT2D eigenvalue weighted by Gasteiger charge is 2.44. The lowest BCUT2D eigenvalue weighted by molar-refractivity contribution is 0.486. The van der Waals surface area contributed by atoms with Crippen LogP contribution in [-0.2, 0) is 37.9 Å². The molecular formula is C94H100BNO. The first-order valence-corrected chi connectivity index (χ1v) is 35.4. The molecule has 0 amide bonds. The topological polar surface area (TPSA) is 12.5 Å². The minimum atomic E-state index is -0.107. The van der Waals surface area contributed by atoms with Gasteiger partial charge in [0, 0.05) is 17.1 Å². The van der Waals surface area contributed by atoms with Gasteiger partial charge in [-0.25, -0.2) is 0 Å². The number of rotatable bonds is 8. The van der Waals surface area contributed by atoms with Crippen LogP contribution >= 0.6 is 0 Å². The van der Waals surface area contributed by atoms with Gasteiger partial charge in [-0.15, -0.1) is 0 Å². The van der Waals surface area contributed by atoms with Gasteiger partial charge in [-0.05, 0) is 244 Å². The molecule has 0 aromatic heterocycles. The summed E-state index contributed by atoms with van der Waals surface area (Å²) in [6, 6.07) is 87.4. The molecule has 13 rings (SSSR count). The summed E-state index contributed by atoms with van der Waals surface area (Å²) in [6.07, 6.45) is 0. The minimum absolute atomic E-state index is 0.0108. The lowest BCUT2D eigenvalue weighted by Crippen LogP contribution is -2.60. The molecule has 97 heavy (non-hydrogen) atoms. The van der Waals surface area contributed by atoms with Crippen molar-refractivity contribution in [2.45, 2.75) is 183 Å². The maximum absolute atomic E-state index is 7.62. The summed E-state index contributed by atoms with van der Waals surface area (Å²) in [7, 11) is 0. The summed E-state index contributed by atoms with van der Waals surface area (Å²) in [6.45, 7) is 48.4. The first-order valence-electron chi connectivity index (χ1n) is 35.4. The zero-order valence-corrected chi connectivity index (χ0v) is 61.8. The average molecular weight is 1270 g/mol. The zero-order chi connectivity index (χ0) is 69.3. The van der Waals surface area contributed by atoms with Gasteiger partial charge >= 0.3 is 0 Å². The number of hydrogen-bond donors (Lipinski definition) is 0. The molecule has 490 valence electrons. The summed E-state index contributed by atoms with van der Waals surface area (Å²) >= 11 is 0. The Morgan fingerprint density at radius 1 is 0.247 bits per heavy atom. The standard InChI is InChI=1S/C94H100BNO/c1-88(2,3)70-33-25-59(26-34-70)63-49-64(60-27-35-71(36-28-60)89(4,5)6)52-67(51-63)78-23-22-24-79(68-53-65(61-29-37-72(38-30-61)90(7,8)9)50-66(54-68)62-31-39-73(40-32-62)91(10,11)12)86(78)69-55-83-87-85(56-69)97-84-48-44-76(94(19,20)21)58-81(84)95(87)80-57-75(93(16,17)18)43-47-82(80)96(83)77-45-41-74(42-46-77)92(13,14)15/h22-58H,1-21H3. The molecule has 0 radical (unpaired) electrons. The first kappa shape index (κ1) is 66.7. The maximum Gasteiger partial charge on any atom is 0.256 e. The van der Waals surface area contributed by atoms with Crippen molar-refractivity contribution in [2.75, 3.05) is 4.90 Å². The molecule has 2 aliphatic heterocycles. The van der Waals surface area contributed by atoms with Crippen molar-refractivity contribution in [3.8, 4) is 89.4 Å². The van der Waals surface area contributed by atoms with Gasteiger partial charge in [0.1, 0.15) is 11.5 Å². The largest absolute Gasteiger partial charge is 0.458 e. The monoisotopic (exact) mass is 1270 g/mol. The van der Waals surface area contributed by atoms with Crippen LogP contribution < -0.4 is 26.0 Å². The Hall–Kier alpha value is -8.92. The molecule has 3 heteroatoms. The minimum Gasteiger partial charge on any atom is -0.458 e. The van der Waals surface area contributed by atoms with Crippen LogP contribution in [-0.4, -0.2) is 6.71 Å². The SMILES string of the molecule is CC(C)(C)c1ccc(-c2cc(-c3ccc(C(C)(C)C)cc3)cc(-c3cccc(-c4cc(-c5ccc(C(C)(C)C)cc5)cc(-c5ccc(C(C)(C)C)cc5)c4)c3-c3cc4c5c(c3)N(c3ccc(C(C)(C)C)cc3)c3ccc(C(C)(C)C)cc3B5c3cc(C(C)(C)C)ccc3O4)c2)cc1. The van der Waals surface area contributed by atoms with Gasteiger partial charge in [0.25, 0.3) is 6.71 Å². The van der Waals surface area contributed by atoms with Crippen molar-refractivity contribution in [1.82, 2.24) is 0 Å². The Morgan fingerprint density at radius 3 is 0.928 bits per heavy atom. The van der Waals surface area contributed by atoms with Gasteiger partial charge in [-0.2, -0.15) is 0 Å². The van der Waals surface area contributed by atoms with Crippen LogP contribution in [0.4, 0.5) is 17.1 Å². The number of fused-ring (bicyclic) bond motifs is 4. The quantitative estimate of drug-likeness (QED) is 0.141. The second-order valence-corrected chi connectivity index (χ2v) is 35.2. The van der Waals surface area contributed by atoms with E-state index < -0.39 is 0 Å². The van der Waals surface area contributed by atoms with E-state index in [9.17, 15) is 0 Å². The lowest BCUT2D eigenvalue weighted by atomic mass is 9.33. The van der Waals surface area contributed by atoms with E-state index in [-0.39, 0.29) is 44.6 Å². The third-order valence-electron chi connectivity index (χ3n) is 20.7. The molecule has 11 aromatic rings. The number of hydrogen-bond acceptors (Lipinski definition) is 2. The molecule has 0 unspecified atom stereocenters. The fourth-order valence-corrected chi connectivity index (χ4v) is 14.4. The summed E-state index contributed by atoms with van der Waals surface area (Å²) in [5, 5.41) is 0. The van der Waals surface area contributed by atoms with Crippen LogP contribution in [0, 0.1) is 0 Å². The van der Waals surface area contributed by atoms with E-state index in [4.69, 9.17) is 4.74 Å². The van der Waals surface area contributed by atoms with E-state index in [1.165, 1.54) is 106 Å². The molecular weight excluding hydrogens is 1170 g/mol. The van der Waals surface area contributed by atoms with E-state index in [1.807, 2.05) is 0 Å². The van der Waals surface area contributed by atoms with Gasteiger partial charge < -0.3 is 9.64 Å². The Balaban J connectivity index is 1.14. The molecule has 0 saturated carbocycles. The van der Waals surface area contributed by atoms with Crippen molar-refractivity contribution in [1.29, 1.82) is 0 Å². The van der Waals surface area contributed by atoms with E-state index in [2.05, 4.69) is 375 Å². The second-order valence-electron chi connectivity index (χ2n) is 35.2. The average Bonchev–Trinajstić information content (AvgIpc) is 0.702. The van der Waals surface area contributed by atoms with Gasteiger partial charge in [-0.3, -0.25) is 0 Å². The highest BCUT2D eigenvalue weighted by atomic mass is 16.5. The van der Waals surface area contributed by atoms with Crippen molar-refractivity contribution < 1.29 is 4.74 Å². The molecule has 0 saturated heterocycles. The van der Waals surface area contributed by atoms with Gasteiger partial charge in [0.15, 0.2) is 0 Å². The van der Waals surface area contributed by atoms with Crippen molar-refractivity contribution in [3.63, 3.8) is 0 Å². The third-order valence-corrected chi connectivity index (χ3v) is 20.7. The molecule has 0 atom stereocenters. The molecule has 0 aliphatic carbocycles. The second kappa shape index (κ2) is 24.0. The van der Waals surface area contributed by atoms with E-state index in [0.717, 1.165) is 56.3 Å². The highest BCUT2D eigenvalue weighted by Crippen LogP contribution is 2.50. The number of nitrogens with zero attached hydrogens (tertiary/aromatic N) is 1. The Kier molecular flexibility index (Phi) is 16.5. The molecule has 2 heterocycles. The highest BCUT2D eigenvalue weighted by molar-refractivity contribution is 6.99. The molecule has 0 spiro atoms. The maximum atomic E-state index is 7.62. The first-order chi connectivity index (χ1) is 45.4. The summed E-state index contributed by atoms with van der Waals surface area (Å²) in [5.74, 6) is 1.77. The number of anilines is 3. The smallest absolute Gasteiger partial charge is 0.256 e. The van der Waals surface area contributed by atoms with Crippen molar-refractivity contribution >= 4 is 40.2 Å². The zero-order valence-electron chi connectivity index (χ0n) is 61.8. The van der Waals surface area contributed by atoms with E-state index >= 15 is 0 Å². The molecule has 0 bridgehead atoms. The predicted octanol–water partition coefficient (Wildman–Crippen LogP) is 24.8. The van der Waals surface area contributed by atoms with Crippen LogP contribution in [0.3, 0.4) is 0 Å². The normalized spacial score (nSPS) is 13.5. The Morgan fingerprint density at radius 2 is 0.567 bits per heavy atom. The summed E-state index contributed by atoms with van der Waals surface area (Å²) in [5.41, 5.74) is 32.2. The summed E-state index contributed by atoms with van der Waals surface area (Å²) < 4.78 is 7.62. The van der Waals surface area contributed by atoms with Gasteiger partial charge in [0.05, 0.1) is 0 Å². The fourth-order valence-electron chi connectivity index (χ4n) is 14.4. The van der Waals surface area contributed by atoms with Crippen molar-refractivity contribution in [3.05, 3.63) is 263 Å². The van der Waals surface area contributed by atoms with Crippen LogP contribution in [0.5, 0.6) is 11.5 Å². The van der Waals surface area contributed by atoms with Gasteiger partial charge in [-0.1, -0.05) is 297 Å². The van der Waals surface area contributed by atoms with Gasteiger partial charge in [0.2, 0.25) is 0 Å². The van der Waals surface area contributed by atoms with E-state index in [1.54, 1.807) is 0 Å². The van der Waals surface area contributed by atoms with Crippen LogP contribution in [0.15, 0.2) is 224 Å². The summed E-state index contributed by atoms with van der Waals surface area (Å²) in [4.78, 5) is 2.56. The molecule has 0 fully saturated rings. The lowest BCUT2D eigenvalue weighted by Gasteiger charge is -2.41. The molecule has 2 aliphatic rings. The fraction of sp³-hybridized carbons (Fsp3) is 0.298. The Labute approximate surface area is 582 Å². The molecule has 0 N–H and O–H groups in total. The van der Waals surface area contributed by atoms with Crippen LogP contribution in [0.1, 0.15) is 184 Å².